The van der Waals surface area contributed by atoms with Crippen LogP contribution in [0, 0.1) is 5.92 Å². The molecule has 3 aliphatic heterocycles. The second kappa shape index (κ2) is 6.26. The Morgan fingerprint density at radius 1 is 1.19 bits per heavy atom. The molecular weight excluding hydrogens is 349 g/mol. The van der Waals surface area contributed by atoms with Crippen LogP contribution < -0.4 is 15.5 Å². The van der Waals surface area contributed by atoms with Gasteiger partial charge in [-0.3, -0.25) is 0 Å². The lowest BCUT2D eigenvalue weighted by Gasteiger charge is -2.29. The molecule has 142 valence electrons. The van der Waals surface area contributed by atoms with E-state index in [2.05, 4.69) is 19.9 Å². The predicted octanol–water partition coefficient (Wildman–Crippen LogP) is 1.29. The van der Waals surface area contributed by atoms with Gasteiger partial charge in [-0.1, -0.05) is 6.92 Å². The number of hydrogen-bond donors (Lipinski definition) is 1. The Balaban J connectivity index is 1.55. The van der Waals surface area contributed by atoms with Gasteiger partial charge < -0.3 is 20.3 Å². The van der Waals surface area contributed by atoms with Crippen LogP contribution in [0.15, 0.2) is 18.5 Å². The number of hydrogen-bond acceptors (Lipinski definition) is 8. The monoisotopic (exact) mass is 371 g/mol. The van der Waals surface area contributed by atoms with Crippen molar-refractivity contribution in [2.24, 2.45) is 5.92 Å². The molecule has 4 atom stereocenters. The van der Waals surface area contributed by atoms with Crippen molar-refractivity contribution in [3.05, 3.63) is 18.5 Å². The molecule has 2 aromatic rings. The van der Waals surface area contributed by atoms with Gasteiger partial charge in [-0.25, -0.2) is 19.3 Å². The summed E-state index contributed by atoms with van der Waals surface area (Å²) >= 11 is 0. The van der Waals surface area contributed by atoms with Gasteiger partial charge in [0.1, 0.15) is 12.0 Å². The fourth-order valence-electron chi connectivity index (χ4n) is 4.10. The third-order valence-electron chi connectivity index (χ3n) is 5.67. The molecule has 2 bridgehead atoms. The molecule has 3 saturated heterocycles. The first-order valence-electron chi connectivity index (χ1n) is 9.31. The van der Waals surface area contributed by atoms with Gasteiger partial charge in [0.2, 0.25) is 11.9 Å². The second-order valence-electron chi connectivity index (χ2n) is 7.64. The van der Waals surface area contributed by atoms with Crippen molar-refractivity contribution in [3.8, 4) is 11.3 Å². The first-order chi connectivity index (χ1) is 13.1. The first-order valence-corrected chi connectivity index (χ1v) is 9.31. The van der Waals surface area contributed by atoms with Crippen LogP contribution in [-0.4, -0.2) is 64.5 Å². The number of fused-ring (bicyclic) bond motifs is 2. The van der Waals surface area contributed by atoms with E-state index < -0.39 is 6.17 Å². The van der Waals surface area contributed by atoms with Crippen LogP contribution in [0.25, 0.3) is 11.3 Å². The van der Waals surface area contributed by atoms with Gasteiger partial charge in [0.05, 0.1) is 31.0 Å². The SMILES string of the molecule is CC1CN(c2nc(-c3cnc(N)nc3)cc(N3CC4CC3CO4)n2)CC1F. The molecule has 9 heteroatoms. The largest absolute Gasteiger partial charge is 0.374 e. The Morgan fingerprint density at radius 2 is 2.00 bits per heavy atom. The average molecular weight is 371 g/mol. The maximum atomic E-state index is 14.1. The molecule has 0 amide bonds. The Labute approximate surface area is 156 Å². The molecule has 4 unspecified atom stereocenters. The first kappa shape index (κ1) is 16.6. The molecule has 27 heavy (non-hydrogen) atoms. The van der Waals surface area contributed by atoms with Crippen LogP contribution in [0.2, 0.25) is 0 Å². The fraction of sp³-hybridized carbons (Fsp3) is 0.556. The molecule has 5 heterocycles. The lowest BCUT2D eigenvalue weighted by Crippen LogP contribution is -2.38. The van der Waals surface area contributed by atoms with E-state index in [1.54, 1.807) is 12.4 Å². The lowest BCUT2D eigenvalue weighted by molar-refractivity contribution is 0.0989. The van der Waals surface area contributed by atoms with E-state index in [9.17, 15) is 4.39 Å². The summed E-state index contributed by atoms with van der Waals surface area (Å²) in [5.41, 5.74) is 7.09. The van der Waals surface area contributed by atoms with Gasteiger partial charge in [0.25, 0.3) is 0 Å². The van der Waals surface area contributed by atoms with Crippen LogP contribution in [-0.2, 0) is 4.74 Å². The zero-order valence-electron chi connectivity index (χ0n) is 15.1. The third-order valence-corrected chi connectivity index (χ3v) is 5.67. The van der Waals surface area contributed by atoms with E-state index in [0.29, 0.717) is 30.8 Å². The number of nitrogens with two attached hydrogens (primary N) is 1. The third kappa shape index (κ3) is 2.95. The van der Waals surface area contributed by atoms with Gasteiger partial charge in [-0.05, 0) is 6.42 Å². The molecular formula is C18H22FN7O. The Kier molecular flexibility index (Phi) is 3.85. The minimum atomic E-state index is -0.864. The van der Waals surface area contributed by atoms with Crippen LogP contribution in [0.3, 0.4) is 0 Å². The number of aromatic nitrogens is 4. The van der Waals surface area contributed by atoms with E-state index >= 15 is 0 Å². The zero-order chi connectivity index (χ0) is 18.5. The molecule has 0 aromatic carbocycles. The summed E-state index contributed by atoms with van der Waals surface area (Å²) < 4.78 is 19.8. The van der Waals surface area contributed by atoms with E-state index in [0.717, 1.165) is 31.0 Å². The molecule has 3 fully saturated rings. The molecule has 0 saturated carbocycles. The smallest absolute Gasteiger partial charge is 0.227 e. The molecule has 0 aliphatic carbocycles. The maximum Gasteiger partial charge on any atom is 0.227 e. The molecule has 3 aliphatic rings. The Hall–Kier alpha value is -2.55. The summed E-state index contributed by atoms with van der Waals surface area (Å²) in [5, 5.41) is 0. The van der Waals surface area contributed by atoms with Crippen LogP contribution in [0.5, 0.6) is 0 Å². The van der Waals surface area contributed by atoms with Crippen LogP contribution in [0.1, 0.15) is 13.3 Å². The number of anilines is 3. The van der Waals surface area contributed by atoms with Crippen molar-refractivity contribution < 1.29 is 9.13 Å². The van der Waals surface area contributed by atoms with Gasteiger partial charge in [0, 0.05) is 43.0 Å². The van der Waals surface area contributed by atoms with E-state index in [1.807, 2.05) is 17.9 Å². The molecule has 2 aromatic heterocycles. The van der Waals surface area contributed by atoms with Crippen LogP contribution >= 0.6 is 0 Å². The molecule has 8 nitrogen and oxygen atoms in total. The number of morpholine rings is 1. The van der Waals surface area contributed by atoms with Gasteiger partial charge in [0.15, 0.2) is 0 Å². The van der Waals surface area contributed by atoms with Crippen molar-refractivity contribution >= 4 is 17.7 Å². The second-order valence-corrected chi connectivity index (χ2v) is 7.64. The van der Waals surface area contributed by atoms with Gasteiger partial charge in [-0.15, -0.1) is 0 Å². The number of halogens is 1. The Bertz CT molecular complexity index is 838. The van der Waals surface area contributed by atoms with Gasteiger partial charge >= 0.3 is 0 Å². The van der Waals surface area contributed by atoms with Crippen molar-refractivity contribution in [3.63, 3.8) is 0 Å². The summed E-state index contributed by atoms with van der Waals surface area (Å²) in [6, 6.07) is 2.28. The summed E-state index contributed by atoms with van der Waals surface area (Å²) in [5.74, 6) is 1.58. The number of rotatable bonds is 3. The minimum absolute atomic E-state index is 0.0308. The summed E-state index contributed by atoms with van der Waals surface area (Å²) in [4.78, 5) is 21.8. The minimum Gasteiger partial charge on any atom is -0.374 e. The topological polar surface area (TPSA) is 93.3 Å². The number of alkyl halides is 1. The highest BCUT2D eigenvalue weighted by atomic mass is 19.1. The average Bonchev–Trinajstić information content (AvgIpc) is 3.39. The van der Waals surface area contributed by atoms with E-state index in [1.165, 1.54) is 0 Å². The Morgan fingerprint density at radius 3 is 2.63 bits per heavy atom. The van der Waals surface area contributed by atoms with Crippen molar-refractivity contribution in [2.75, 3.05) is 41.8 Å². The predicted molar refractivity (Wildman–Crippen MR) is 99.2 cm³/mol. The van der Waals surface area contributed by atoms with Crippen LogP contribution in [0.4, 0.5) is 22.1 Å². The normalized spacial score (nSPS) is 29.7. The molecule has 0 radical (unpaired) electrons. The van der Waals surface area contributed by atoms with Gasteiger partial charge in [-0.2, -0.15) is 4.98 Å². The zero-order valence-corrected chi connectivity index (χ0v) is 15.1. The number of nitrogen functional groups attached to an aromatic ring is 1. The fourth-order valence-corrected chi connectivity index (χ4v) is 4.10. The standard InChI is InChI=1S/C18H22FN7O/c1-10-6-25(8-14(10)19)18-23-15(11-4-21-17(20)22-5-11)3-16(24-18)26-7-13-2-12(26)9-27-13/h3-5,10,12-14H,2,6-9H2,1H3,(H2,20,21,22). The summed E-state index contributed by atoms with van der Waals surface area (Å²) in [6.07, 6.45) is 3.73. The molecule has 2 N–H and O–H groups in total. The van der Waals surface area contributed by atoms with Crippen molar-refractivity contribution in [1.29, 1.82) is 0 Å². The van der Waals surface area contributed by atoms with E-state index in [4.69, 9.17) is 15.5 Å². The number of ether oxygens (including phenoxy) is 1. The molecule has 5 rings (SSSR count). The summed E-state index contributed by atoms with van der Waals surface area (Å²) in [6.45, 7) is 4.38. The highest BCUT2D eigenvalue weighted by Crippen LogP contribution is 2.34. The summed E-state index contributed by atoms with van der Waals surface area (Å²) in [7, 11) is 0. The van der Waals surface area contributed by atoms with Crippen molar-refractivity contribution in [1.82, 2.24) is 19.9 Å². The maximum absolute atomic E-state index is 14.1. The van der Waals surface area contributed by atoms with Crippen molar-refractivity contribution in [2.45, 2.75) is 31.7 Å². The van der Waals surface area contributed by atoms with E-state index in [-0.39, 0.29) is 18.0 Å². The number of nitrogens with zero attached hydrogens (tertiary/aromatic N) is 6. The molecule has 0 spiro atoms. The highest BCUT2D eigenvalue weighted by Gasteiger charge is 2.40. The quantitative estimate of drug-likeness (QED) is 0.863. The highest BCUT2D eigenvalue weighted by molar-refractivity contribution is 5.65. The lowest BCUT2D eigenvalue weighted by atomic mass is 10.1.